The van der Waals surface area contributed by atoms with Gasteiger partial charge in [0.2, 0.25) is 5.91 Å². The van der Waals surface area contributed by atoms with Crippen LogP contribution in [0.15, 0.2) is 42.5 Å². The molecule has 0 saturated carbocycles. The molecule has 0 spiro atoms. The lowest BCUT2D eigenvalue weighted by Gasteiger charge is -2.34. The van der Waals surface area contributed by atoms with Crippen LogP contribution in [0.3, 0.4) is 0 Å². The molecular weight excluding hydrogens is 414 g/mol. The highest BCUT2D eigenvalue weighted by Gasteiger charge is 2.33. The van der Waals surface area contributed by atoms with Gasteiger partial charge in [0.25, 0.3) is 11.6 Å². The van der Waals surface area contributed by atoms with Gasteiger partial charge in [-0.2, -0.15) is 0 Å². The highest BCUT2D eigenvalue weighted by molar-refractivity contribution is 6.02. The Hall–Kier alpha value is -3.75. The number of fused-ring (bicyclic) bond motifs is 1. The van der Waals surface area contributed by atoms with E-state index >= 15 is 0 Å². The normalized spacial score (nSPS) is 16.3. The van der Waals surface area contributed by atoms with Crippen molar-refractivity contribution in [1.29, 1.82) is 0 Å². The van der Waals surface area contributed by atoms with Gasteiger partial charge in [-0.15, -0.1) is 0 Å². The maximum atomic E-state index is 12.9. The van der Waals surface area contributed by atoms with Crippen molar-refractivity contribution in [3.8, 4) is 5.75 Å². The van der Waals surface area contributed by atoms with Crippen LogP contribution in [-0.4, -0.2) is 53.7 Å². The fourth-order valence-electron chi connectivity index (χ4n) is 4.06. The van der Waals surface area contributed by atoms with Gasteiger partial charge in [0.05, 0.1) is 10.6 Å². The number of nitrogens with zero attached hydrogens (tertiary/aromatic N) is 3. The summed E-state index contributed by atoms with van der Waals surface area (Å²) in [5, 5.41) is 11.1. The summed E-state index contributed by atoms with van der Waals surface area (Å²) in [6.45, 7) is 2.34. The molecule has 9 heteroatoms. The van der Waals surface area contributed by atoms with Crippen LogP contribution in [0, 0.1) is 23.0 Å². The largest absolute Gasteiger partial charge is 0.482 e. The van der Waals surface area contributed by atoms with Crippen LogP contribution in [0.5, 0.6) is 5.75 Å². The quantitative estimate of drug-likeness (QED) is 0.404. The van der Waals surface area contributed by atoms with E-state index in [-0.39, 0.29) is 42.1 Å². The fourth-order valence-corrected chi connectivity index (χ4v) is 4.06. The first-order valence-corrected chi connectivity index (χ1v) is 10.4. The van der Waals surface area contributed by atoms with Crippen molar-refractivity contribution in [2.24, 2.45) is 5.92 Å². The van der Waals surface area contributed by atoms with Crippen molar-refractivity contribution < 1.29 is 24.0 Å². The standard InChI is InChI=1S/C23H23N3O6/c1-15-2-4-16(5-3-15)23(29)17-8-10-24(11-9-17)21(27)13-25-19-12-18(26(30)31)6-7-20(19)32-14-22(25)28/h2-7,12,17H,8-11,13-14H2,1H3. The predicted octanol–water partition coefficient (Wildman–Crippen LogP) is 2.75. The molecule has 2 aromatic carbocycles. The van der Waals surface area contributed by atoms with Crippen LogP contribution in [0.2, 0.25) is 0 Å². The Bertz CT molecular complexity index is 1070. The summed E-state index contributed by atoms with van der Waals surface area (Å²) in [4.78, 5) is 51.5. The number of carbonyl (C=O) groups is 3. The number of ketones is 1. The summed E-state index contributed by atoms with van der Waals surface area (Å²) >= 11 is 0. The SMILES string of the molecule is Cc1ccc(C(=O)C2CCN(C(=O)CN3C(=O)COc4ccc([N+](=O)[O-])cc43)CC2)cc1. The van der Waals surface area contributed by atoms with E-state index in [0.717, 1.165) is 5.56 Å². The first kappa shape index (κ1) is 21.5. The number of aryl methyl sites for hydroxylation is 1. The van der Waals surface area contributed by atoms with Gasteiger partial charge in [0.15, 0.2) is 12.4 Å². The molecule has 0 N–H and O–H groups in total. The number of ether oxygens (including phenoxy) is 1. The number of likely N-dealkylation sites (tertiary alicyclic amines) is 1. The van der Waals surface area contributed by atoms with Crippen LogP contribution in [0.1, 0.15) is 28.8 Å². The third-order valence-corrected chi connectivity index (χ3v) is 5.94. The van der Waals surface area contributed by atoms with E-state index < -0.39 is 10.8 Å². The summed E-state index contributed by atoms with van der Waals surface area (Å²) in [7, 11) is 0. The Kier molecular flexibility index (Phi) is 5.89. The predicted molar refractivity (Wildman–Crippen MR) is 116 cm³/mol. The Morgan fingerprint density at radius 2 is 1.81 bits per heavy atom. The number of hydrogen-bond acceptors (Lipinski definition) is 6. The number of Topliss-reactive ketones (excluding diaryl/α,β-unsaturated/α-hetero) is 1. The first-order chi connectivity index (χ1) is 15.3. The third-order valence-electron chi connectivity index (χ3n) is 5.94. The molecule has 1 fully saturated rings. The van der Waals surface area contributed by atoms with Gasteiger partial charge in [-0.3, -0.25) is 29.4 Å². The first-order valence-electron chi connectivity index (χ1n) is 10.4. The number of non-ortho nitro benzene ring substituents is 1. The smallest absolute Gasteiger partial charge is 0.271 e. The van der Waals surface area contributed by atoms with E-state index in [1.807, 2.05) is 31.2 Å². The molecule has 2 aliphatic rings. The van der Waals surface area contributed by atoms with Gasteiger partial charge < -0.3 is 9.64 Å². The van der Waals surface area contributed by atoms with Crippen LogP contribution < -0.4 is 9.64 Å². The number of amides is 2. The molecule has 2 aromatic rings. The zero-order valence-corrected chi connectivity index (χ0v) is 17.7. The van der Waals surface area contributed by atoms with E-state index in [1.54, 1.807) is 4.90 Å². The second kappa shape index (κ2) is 8.78. The van der Waals surface area contributed by atoms with Gasteiger partial charge >= 0.3 is 0 Å². The number of nitro benzene ring substituents is 1. The van der Waals surface area contributed by atoms with Crippen molar-refractivity contribution in [3.05, 3.63) is 63.7 Å². The number of anilines is 1. The number of hydrogen-bond donors (Lipinski definition) is 0. The maximum Gasteiger partial charge on any atom is 0.271 e. The van der Waals surface area contributed by atoms with E-state index in [9.17, 15) is 24.5 Å². The molecule has 166 valence electrons. The van der Waals surface area contributed by atoms with Gasteiger partial charge in [-0.25, -0.2) is 0 Å². The monoisotopic (exact) mass is 437 g/mol. The number of piperidine rings is 1. The summed E-state index contributed by atoms with van der Waals surface area (Å²) in [6.07, 6.45) is 1.11. The average molecular weight is 437 g/mol. The van der Waals surface area contributed by atoms with E-state index in [1.165, 1.54) is 23.1 Å². The van der Waals surface area contributed by atoms with Crippen LogP contribution in [-0.2, 0) is 9.59 Å². The lowest BCUT2D eigenvalue weighted by molar-refractivity contribution is -0.384. The summed E-state index contributed by atoms with van der Waals surface area (Å²) in [5.74, 6) is -0.433. The summed E-state index contributed by atoms with van der Waals surface area (Å²) in [6, 6.07) is 11.4. The third kappa shape index (κ3) is 4.32. The van der Waals surface area contributed by atoms with Gasteiger partial charge in [-0.1, -0.05) is 29.8 Å². The minimum Gasteiger partial charge on any atom is -0.482 e. The van der Waals surface area contributed by atoms with E-state index in [4.69, 9.17) is 4.74 Å². The number of carbonyl (C=O) groups excluding carboxylic acids is 3. The fraction of sp³-hybridized carbons (Fsp3) is 0.348. The summed E-state index contributed by atoms with van der Waals surface area (Å²) < 4.78 is 5.34. The van der Waals surface area contributed by atoms with Crippen molar-refractivity contribution in [3.63, 3.8) is 0 Å². The molecule has 1 saturated heterocycles. The molecule has 9 nitrogen and oxygen atoms in total. The molecule has 2 amide bonds. The molecule has 0 unspecified atom stereocenters. The minimum atomic E-state index is -0.560. The van der Waals surface area contributed by atoms with Crippen molar-refractivity contribution in [1.82, 2.24) is 4.90 Å². The Labute approximate surface area is 184 Å². The molecule has 2 heterocycles. The number of nitro groups is 1. The van der Waals surface area contributed by atoms with Crippen LogP contribution >= 0.6 is 0 Å². The highest BCUT2D eigenvalue weighted by Crippen LogP contribution is 2.35. The second-order valence-electron chi connectivity index (χ2n) is 8.06. The molecule has 0 aliphatic carbocycles. The molecule has 4 rings (SSSR count). The average Bonchev–Trinajstić information content (AvgIpc) is 2.80. The second-order valence-corrected chi connectivity index (χ2v) is 8.06. The topological polar surface area (TPSA) is 110 Å². The number of benzene rings is 2. The van der Waals surface area contributed by atoms with Crippen molar-refractivity contribution in [2.45, 2.75) is 19.8 Å². The maximum absolute atomic E-state index is 12.9. The summed E-state index contributed by atoms with van der Waals surface area (Å²) in [5.41, 5.74) is 1.80. The van der Waals surface area contributed by atoms with E-state index in [2.05, 4.69) is 0 Å². The Morgan fingerprint density at radius 1 is 1.12 bits per heavy atom. The molecular formula is C23H23N3O6. The Morgan fingerprint density at radius 3 is 2.47 bits per heavy atom. The zero-order chi connectivity index (χ0) is 22.8. The van der Waals surface area contributed by atoms with Gasteiger partial charge in [0.1, 0.15) is 12.3 Å². The van der Waals surface area contributed by atoms with Crippen molar-refractivity contribution in [2.75, 3.05) is 31.1 Å². The molecule has 2 aliphatic heterocycles. The highest BCUT2D eigenvalue weighted by atomic mass is 16.6. The minimum absolute atomic E-state index is 0.0849. The van der Waals surface area contributed by atoms with Crippen molar-refractivity contribution >= 4 is 29.0 Å². The van der Waals surface area contributed by atoms with Crippen LogP contribution in [0.25, 0.3) is 0 Å². The van der Waals surface area contributed by atoms with E-state index in [0.29, 0.717) is 37.2 Å². The van der Waals surface area contributed by atoms with Crippen LogP contribution in [0.4, 0.5) is 11.4 Å². The molecule has 0 aromatic heterocycles. The lowest BCUT2D eigenvalue weighted by atomic mass is 9.88. The lowest BCUT2D eigenvalue weighted by Crippen LogP contribution is -2.48. The van der Waals surface area contributed by atoms with Gasteiger partial charge in [0, 0.05) is 36.7 Å². The zero-order valence-electron chi connectivity index (χ0n) is 17.7. The molecule has 0 bridgehead atoms. The Balaban J connectivity index is 1.41. The molecule has 32 heavy (non-hydrogen) atoms. The van der Waals surface area contributed by atoms with Gasteiger partial charge in [-0.05, 0) is 25.8 Å². The molecule has 0 atom stereocenters. The number of rotatable bonds is 5. The molecule has 0 radical (unpaired) electrons.